The summed E-state index contributed by atoms with van der Waals surface area (Å²) in [5.74, 6) is -0.986. The number of pyridine rings is 1. The Morgan fingerprint density at radius 2 is 2.03 bits per heavy atom. The van der Waals surface area contributed by atoms with Gasteiger partial charge in [-0.2, -0.15) is 0 Å². The molecule has 1 spiro atoms. The Hall–Kier alpha value is -2.28. The van der Waals surface area contributed by atoms with Crippen molar-refractivity contribution in [1.29, 1.82) is 0 Å². The normalized spacial score (nSPS) is 22.2. The minimum atomic E-state index is -0.986. The number of carbonyl (C=O) groups is 1. The smallest absolute Gasteiger partial charge is 0.354 e. The van der Waals surface area contributed by atoms with Crippen LogP contribution in [0.25, 0.3) is 0 Å². The molecule has 1 aromatic carbocycles. The molecule has 6 nitrogen and oxygen atoms in total. The van der Waals surface area contributed by atoms with Gasteiger partial charge < -0.3 is 15.2 Å². The van der Waals surface area contributed by atoms with Gasteiger partial charge in [0.2, 0.25) is 0 Å². The number of benzene rings is 1. The molecule has 0 radical (unpaired) electrons. The van der Waals surface area contributed by atoms with E-state index in [9.17, 15) is 4.79 Å². The maximum absolute atomic E-state index is 10.9. The number of nitrogens with one attached hydrogen (secondary N) is 1. The van der Waals surface area contributed by atoms with E-state index in [4.69, 9.17) is 9.84 Å². The van der Waals surface area contributed by atoms with Crippen LogP contribution in [0.5, 0.6) is 0 Å². The molecule has 30 heavy (non-hydrogen) atoms. The minimum Gasteiger partial charge on any atom is -0.477 e. The van der Waals surface area contributed by atoms with Gasteiger partial charge in [-0.25, -0.2) is 9.78 Å². The first-order valence-corrected chi connectivity index (χ1v) is 10.9. The van der Waals surface area contributed by atoms with E-state index in [1.807, 2.05) is 6.07 Å². The second kappa shape index (κ2) is 9.25. The van der Waals surface area contributed by atoms with Crippen LogP contribution in [-0.4, -0.2) is 52.3 Å². The van der Waals surface area contributed by atoms with Gasteiger partial charge in [0, 0.05) is 37.9 Å². The summed E-state index contributed by atoms with van der Waals surface area (Å²) in [5.41, 5.74) is 2.49. The lowest BCUT2D eigenvalue weighted by molar-refractivity contribution is -0.0449. The van der Waals surface area contributed by atoms with E-state index >= 15 is 0 Å². The molecule has 0 aliphatic carbocycles. The highest BCUT2D eigenvalue weighted by atomic mass is 16.5. The molecule has 2 atom stereocenters. The summed E-state index contributed by atoms with van der Waals surface area (Å²) >= 11 is 0. The number of aromatic carboxylic acids is 1. The molecule has 2 aliphatic rings. The number of hydrogen-bond donors (Lipinski definition) is 2. The maximum atomic E-state index is 10.9. The molecule has 1 unspecified atom stereocenters. The molecule has 4 rings (SSSR count). The van der Waals surface area contributed by atoms with Crippen molar-refractivity contribution in [3.8, 4) is 0 Å². The topological polar surface area (TPSA) is 74.7 Å². The predicted molar refractivity (Wildman–Crippen MR) is 115 cm³/mol. The summed E-state index contributed by atoms with van der Waals surface area (Å²) < 4.78 is 6.35. The van der Waals surface area contributed by atoms with Crippen LogP contribution in [0.1, 0.15) is 60.3 Å². The van der Waals surface area contributed by atoms with Crippen LogP contribution >= 0.6 is 0 Å². The Bertz CT molecular complexity index is 833. The zero-order valence-electron chi connectivity index (χ0n) is 17.6. The molecule has 0 amide bonds. The highest BCUT2D eigenvalue weighted by Gasteiger charge is 2.43. The zero-order valence-corrected chi connectivity index (χ0v) is 17.6. The quantitative estimate of drug-likeness (QED) is 0.727. The highest BCUT2D eigenvalue weighted by molar-refractivity contribution is 5.85. The van der Waals surface area contributed by atoms with Crippen molar-refractivity contribution in [2.45, 2.75) is 56.8 Å². The molecule has 160 valence electrons. The fourth-order valence-electron chi connectivity index (χ4n) is 4.74. The van der Waals surface area contributed by atoms with E-state index in [0.717, 1.165) is 57.5 Å². The Morgan fingerprint density at radius 3 is 2.67 bits per heavy atom. The van der Waals surface area contributed by atoms with Crippen LogP contribution in [0.4, 0.5) is 0 Å². The van der Waals surface area contributed by atoms with E-state index in [2.05, 4.69) is 52.5 Å². The average molecular weight is 410 g/mol. The van der Waals surface area contributed by atoms with Gasteiger partial charge in [-0.15, -0.1) is 0 Å². The SMILES string of the molecule is CC[C@H](NC1COC2(CCN(Cc3ccc(C(=O)O)nc3)CC2)C1)c1ccccc1. The largest absolute Gasteiger partial charge is 0.477 e. The van der Waals surface area contributed by atoms with Crippen molar-refractivity contribution < 1.29 is 14.6 Å². The summed E-state index contributed by atoms with van der Waals surface area (Å²) in [6.07, 6.45) is 5.88. The zero-order chi connectivity index (χ0) is 21.0. The van der Waals surface area contributed by atoms with Crippen molar-refractivity contribution >= 4 is 5.97 Å². The van der Waals surface area contributed by atoms with Gasteiger partial charge in [0.05, 0.1) is 12.2 Å². The van der Waals surface area contributed by atoms with Gasteiger partial charge in [-0.3, -0.25) is 4.90 Å². The number of hydrogen-bond acceptors (Lipinski definition) is 5. The average Bonchev–Trinajstić information content (AvgIpc) is 3.17. The van der Waals surface area contributed by atoms with E-state index in [1.54, 1.807) is 12.3 Å². The molecule has 2 saturated heterocycles. The third-order valence-electron chi connectivity index (χ3n) is 6.47. The molecule has 2 N–H and O–H groups in total. The highest BCUT2D eigenvalue weighted by Crippen LogP contribution is 2.37. The van der Waals surface area contributed by atoms with E-state index < -0.39 is 5.97 Å². The molecule has 0 saturated carbocycles. The Balaban J connectivity index is 1.28. The molecule has 2 aliphatic heterocycles. The van der Waals surface area contributed by atoms with Crippen molar-refractivity contribution in [3.05, 3.63) is 65.5 Å². The van der Waals surface area contributed by atoms with Gasteiger partial charge in [-0.05, 0) is 42.9 Å². The maximum Gasteiger partial charge on any atom is 0.354 e. The summed E-state index contributed by atoms with van der Waals surface area (Å²) in [7, 11) is 0. The molecular formula is C24H31N3O3. The van der Waals surface area contributed by atoms with Crippen LogP contribution in [0.15, 0.2) is 48.7 Å². The molecule has 2 fully saturated rings. The molecule has 3 heterocycles. The number of rotatable bonds is 7. The first-order chi connectivity index (χ1) is 14.6. The first kappa shape index (κ1) is 21.0. The van der Waals surface area contributed by atoms with E-state index in [1.165, 1.54) is 5.56 Å². The first-order valence-electron chi connectivity index (χ1n) is 10.9. The summed E-state index contributed by atoms with van der Waals surface area (Å²) in [4.78, 5) is 17.4. The molecule has 0 bridgehead atoms. The Labute approximate surface area is 178 Å². The van der Waals surface area contributed by atoms with Crippen LogP contribution < -0.4 is 5.32 Å². The number of piperidine rings is 1. The second-order valence-electron chi connectivity index (χ2n) is 8.57. The van der Waals surface area contributed by atoms with Crippen LogP contribution in [0.3, 0.4) is 0 Å². The second-order valence-corrected chi connectivity index (χ2v) is 8.57. The molecule has 6 heteroatoms. The number of aromatic nitrogens is 1. The van der Waals surface area contributed by atoms with Crippen molar-refractivity contribution in [2.75, 3.05) is 19.7 Å². The lowest BCUT2D eigenvalue weighted by Crippen LogP contribution is -2.44. The van der Waals surface area contributed by atoms with Gasteiger partial charge >= 0.3 is 5.97 Å². The standard InChI is InChI=1S/C24H31N3O3/c1-2-21(19-6-4-3-5-7-19)26-20-14-24(30-17-20)10-12-27(13-11-24)16-18-8-9-22(23(28)29)25-15-18/h3-9,15,20-21,26H,2,10-14,16-17H2,1H3,(H,28,29)/t20?,21-/m0/s1. The number of ether oxygens (including phenoxy) is 1. The Kier molecular flexibility index (Phi) is 6.46. The van der Waals surface area contributed by atoms with Crippen molar-refractivity contribution in [3.63, 3.8) is 0 Å². The summed E-state index contributed by atoms with van der Waals surface area (Å²) in [6.45, 7) is 5.79. The fraction of sp³-hybridized carbons (Fsp3) is 0.500. The monoisotopic (exact) mass is 409 g/mol. The third kappa shape index (κ3) is 4.89. The van der Waals surface area contributed by atoms with Crippen LogP contribution in [0, 0.1) is 0 Å². The predicted octanol–water partition coefficient (Wildman–Crippen LogP) is 3.64. The van der Waals surface area contributed by atoms with Gasteiger partial charge in [-0.1, -0.05) is 43.3 Å². The molecule has 1 aromatic heterocycles. The summed E-state index contributed by atoms with van der Waals surface area (Å²) in [5, 5.41) is 12.8. The van der Waals surface area contributed by atoms with Gasteiger partial charge in [0.1, 0.15) is 5.69 Å². The molecule has 2 aromatic rings. The summed E-state index contributed by atoms with van der Waals surface area (Å²) in [6, 6.07) is 14.9. The number of carboxylic acids is 1. The lowest BCUT2D eigenvalue weighted by Gasteiger charge is -2.38. The van der Waals surface area contributed by atoms with Crippen molar-refractivity contribution in [1.82, 2.24) is 15.2 Å². The fourth-order valence-corrected chi connectivity index (χ4v) is 4.74. The minimum absolute atomic E-state index is 0.00540. The number of nitrogens with zero attached hydrogens (tertiary/aromatic N) is 2. The van der Waals surface area contributed by atoms with E-state index in [0.29, 0.717) is 12.1 Å². The lowest BCUT2D eigenvalue weighted by atomic mass is 9.87. The Morgan fingerprint density at radius 1 is 1.27 bits per heavy atom. The van der Waals surface area contributed by atoms with Gasteiger partial charge in [0.25, 0.3) is 0 Å². The van der Waals surface area contributed by atoms with Gasteiger partial charge in [0.15, 0.2) is 0 Å². The van der Waals surface area contributed by atoms with E-state index in [-0.39, 0.29) is 11.3 Å². The van der Waals surface area contributed by atoms with Crippen molar-refractivity contribution in [2.24, 2.45) is 0 Å². The van der Waals surface area contributed by atoms with Crippen LogP contribution in [-0.2, 0) is 11.3 Å². The van der Waals surface area contributed by atoms with Crippen LogP contribution in [0.2, 0.25) is 0 Å². The molecular weight excluding hydrogens is 378 g/mol. The number of carboxylic acid groups (broad SMARTS) is 1. The third-order valence-corrected chi connectivity index (χ3v) is 6.47. The number of likely N-dealkylation sites (tertiary alicyclic amines) is 1.